The molecule has 0 radical (unpaired) electrons. The first-order chi connectivity index (χ1) is 11.3. The van der Waals surface area contributed by atoms with Crippen molar-refractivity contribution >= 4 is 0 Å². The second kappa shape index (κ2) is 8.34. The molecule has 23 heavy (non-hydrogen) atoms. The number of rotatable bonds is 6. The normalized spacial score (nSPS) is 24.9. The molecule has 0 N–H and O–H groups in total. The number of hydrogen-bond acceptors (Lipinski definition) is 0. The van der Waals surface area contributed by atoms with E-state index in [0.29, 0.717) is 0 Å². The minimum atomic E-state index is 0.723. The lowest BCUT2D eigenvalue weighted by Gasteiger charge is -2.25. The lowest BCUT2D eigenvalue weighted by Crippen LogP contribution is -2.11. The van der Waals surface area contributed by atoms with E-state index in [2.05, 4.69) is 61.6 Å². The fourth-order valence-electron chi connectivity index (χ4n) is 3.88. The van der Waals surface area contributed by atoms with Crippen LogP contribution in [-0.4, -0.2) is 0 Å². The largest absolute Gasteiger partial charge is 0.0840 e. The van der Waals surface area contributed by atoms with E-state index in [0.717, 1.165) is 11.8 Å². The van der Waals surface area contributed by atoms with Crippen LogP contribution < -0.4 is 0 Å². The summed E-state index contributed by atoms with van der Waals surface area (Å²) < 4.78 is 0. The molecule has 0 fully saturated rings. The molecule has 122 valence electrons. The highest BCUT2D eigenvalue weighted by atomic mass is 14.2. The number of hydrogen-bond donors (Lipinski definition) is 0. The average Bonchev–Trinajstić information content (AvgIpc) is 2.61. The maximum atomic E-state index is 2.49. The molecule has 0 aromatic carbocycles. The lowest BCUT2D eigenvalue weighted by molar-refractivity contribution is 0.442. The third-order valence-corrected chi connectivity index (χ3v) is 5.41. The highest BCUT2D eigenvalue weighted by Crippen LogP contribution is 2.33. The molecule has 0 aromatic heterocycles. The van der Waals surface area contributed by atoms with E-state index in [9.17, 15) is 0 Å². The molecule has 0 saturated carbocycles. The summed E-state index contributed by atoms with van der Waals surface area (Å²) in [5, 5.41) is 0. The standard InChI is InChI=1S/C23H30/c1-19-12-14-20(15-13-19)16-17-23(22-10-6-3-7-11-22)18-21-8-4-2-5-9-21/h2,4-6,8,10-12,14,21,23H,3,7,9,13,15-18H2,1H3. The van der Waals surface area contributed by atoms with Gasteiger partial charge in [-0.25, -0.2) is 0 Å². The molecule has 0 nitrogen and oxygen atoms in total. The molecule has 3 rings (SSSR count). The van der Waals surface area contributed by atoms with Crippen LogP contribution >= 0.6 is 0 Å². The van der Waals surface area contributed by atoms with Crippen LogP contribution in [0.25, 0.3) is 0 Å². The molecule has 0 bridgehead atoms. The summed E-state index contributed by atoms with van der Waals surface area (Å²) >= 11 is 0. The van der Waals surface area contributed by atoms with Crippen molar-refractivity contribution in [1.29, 1.82) is 0 Å². The topological polar surface area (TPSA) is 0 Å². The lowest BCUT2D eigenvalue weighted by atomic mass is 9.80. The van der Waals surface area contributed by atoms with Gasteiger partial charge in [-0.3, -0.25) is 0 Å². The Morgan fingerprint density at radius 1 is 1.09 bits per heavy atom. The van der Waals surface area contributed by atoms with Crippen molar-refractivity contribution in [2.45, 2.75) is 58.3 Å². The zero-order valence-corrected chi connectivity index (χ0v) is 14.5. The third kappa shape index (κ3) is 4.96. The van der Waals surface area contributed by atoms with E-state index in [1.54, 1.807) is 11.1 Å². The van der Waals surface area contributed by atoms with Crippen LogP contribution in [0.15, 0.2) is 71.4 Å². The van der Waals surface area contributed by atoms with Gasteiger partial charge in [0.15, 0.2) is 0 Å². The molecule has 3 aliphatic carbocycles. The Bertz CT molecular complexity index is 577. The second-order valence-electron chi connectivity index (χ2n) is 7.30. The molecule has 3 aliphatic rings. The molecular formula is C23H30. The van der Waals surface area contributed by atoms with Crippen molar-refractivity contribution in [3.63, 3.8) is 0 Å². The fraction of sp³-hybridized carbons (Fsp3) is 0.478. The fourth-order valence-corrected chi connectivity index (χ4v) is 3.88. The van der Waals surface area contributed by atoms with E-state index in [4.69, 9.17) is 0 Å². The molecule has 0 heterocycles. The Hall–Kier alpha value is -1.56. The summed E-state index contributed by atoms with van der Waals surface area (Å²) in [6.07, 6.45) is 31.2. The molecule has 0 amide bonds. The van der Waals surface area contributed by atoms with Gasteiger partial charge in [0.1, 0.15) is 0 Å². The van der Waals surface area contributed by atoms with Gasteiger partial charge in [0.05, 0.1) is 0 Å². The van der Waals surface area contributed by atoms with Crippen LogP contribution in [0, 0.1) is 11.8 Å². The van der Waals surface area contributed by atoms with Crippen molar-refractivity contribution in [2.24, 2.45) is 11.8 Å². The van der Waals surface area contributed by atoms with E-state index in [1.807, 2.05) is 0 Å². The minimum absolute atomic E-state index is 0.723. The number of allylic oxidation sites excluding steroid dienone is 12. The predicted molar refractivity (Wildman–Crippen MR) is 101 cm³/mol. The maximum Gasteiger partial charge on any atom is -0.0156 e. The smallest absolute Gasteiger partial charge is 0.0156 e. The van der Waals surface area contributed by atoms with Crippen molar-refractivity contribution in [3.8, 4) is 0 Å². The third-order valence-electron chi connectivity index (χ3n) is 5.41. The maximum absolute atomic E-state index is 2.49. The summed E-state index contributed by atoms with van der Waals surface area (Å²) in [5.41, 5.74) is 4.78. The highest BCUT2D eigenvalue weighted by Gasteiger charge is 2.19. The minimum Gasteiger partial charge on any atom is -0.0840 e. The Labute approximate surface area is 142 Å². The Kier molecular flexibility index (Phi) is 5.91. The van der Waals surface area contributed by atoms with Crippen molar-refractivity contribution in [1.82, 2.24) is 0 Å². The molecule has 0 aromatic rings. The quantitative estimate of drug-likeness (QED) is 0.503. The van der Waals surface area contributed by atoms with E-state index < -0.39 is 0 Å². The second-order valence-corrected chi connectivity index (χ2v) is 7.30. The van der Waals surface area contributed by atoms with Crippen LogP contribution in [0.3, 0.4) is 0 Å². The van der Waals surface area contributed by atoms with Gasteiger partial charge in [0, 0.05) is 0 Å². The van der Waals surface area contributed by atoms with E-state index in [-0.39, 0.29) is 0 Å². The van der Waals surface area contributed by atoms with E-state index in [1.165, 1.54) is 56.9 Å². The van der Waals surface area contributed by atoms with Gasteiger partial charge >= 0.3 is 0 Å². The first-order valence-electron chi connectivity index (χ1n) is 9.36. The van der Waals surface area contributed by atoms with Gasteiger partial charge in [-0.1, -0.05) is 65.8 Å². The van der Waals surface area contributed by atoms with Gasteiger partial charge in [0.2, 0.25) is 0 Å². The van der Waals surface area contributed by atoms with Crippen LogP contribution in [0.2, 0.25) is 0 Å². The SMILES string of the molecule is CC1=CC=C(CCC(CC2C=CC=CC2)C2=CCCC=C2)CC1. The highest BCUT2D eigenvalue weighted by molar-refractivity contribution is 5.27. The van der Waals surface area contributed by atoms with Gasteiger partial charge in [-0.15, -0.1) is 0 Å². The summed E-state index contributed by atoms with van der Waals surface area (Å²) in [6, 6.07) is 0. The summed E-state index contributed by atoms with van der Waals surface area (Å²) in [6.45, 7) is 2.25. The molecule has 0 spiro atoms. The molecule has 2 atom stereocenters. The molecule has 0 heteroatoms. The molecule has 2 unspecified atom stereocenters. The predicted octanol–water partition coefficient (Wildman–Crippen LogP) is 6.85. The summed E-state index contributed by atoms with van der Waals surface area (Å²) in [5.74, 6) is 1.45. The van der Waals surface area contributed by atoms with Crippen LogP contribution in [0.1, 0.15) is 58.3 Å². The Morgan fingerprint density at radius 3 is 2.74 bits per heavy atom. The van der Waals surface area contributed by atoms with Gasteiger partial charge in [0.25, 0.3) is 0 Å². The molecular weight excluding hydrogens is 276 g/mol. The van der Waals surface area contributed by atoms with Gasteiger partial charge in [-0.05, 0) is 75.7 Å². The van der Waals surface area contributed by atoms with Crippen LogP contribution in [-0.2, 0) is 0 Å². The Balaban J connectivity index is 1.62. The van der Waals surface area contributed by atoms with Crippen molar-refractivity contribution in [2.75, 3.05) is 0 Å². The molecule has 0 saturated heterocycles. The first-order valence-corrected chi connectivity index (χ1v) is 9.36. The zero-order chi connectivity index (χ0) is 15.9. The average molecular weight is 306 g/mol. The monoisotopic (exact) mass is 306 g/mol. The van der Waals surface area contributed by atoms with Gasteiger partial charge in [-0.2, -0.15) is 0 Å². The summed E-state index contributed by atoms with van der Waals surface area (Å²) in [7, 11) is 0. The summed E-state index contributed by atoms with van der Waals surface area (Å²) in [4.78, 5) is 0. The van der Waals surface area contributed by atoms with Crippen LogP contribution in [0.5, 0.6) is 0 Å². The van der Waals surface area contributed by atoms with Crippen molar-refractivity contribution < 1.29 is 0 Å². The zero-order valence-electron chi connectivity index (χ0n) is 14.5. The van der Waals surface area contributed by atoms with Crippen LogP contribution in [0.4, 0.5) is 0 Å². The molecule has 0 aliphatic heterocycles. The van der Waals surface area contributed by atoms with E-state index >= 15 is 0 Å². The van der Waals surface area contributed by atoms with Crippen molar-refractivity contribution in [3.05, 3.63) is 71.4 Å². The van der Waals surface area contributed by atoms with Gasteiger partial charge < -0.3 is 0 Å². The Morgan fingerprint density at radius 2 is 2.04 bits per heavy atom. The first kappa shape index (κ1) is 16.3.